The van der Waals surface area contributed by atoms with Crippen LogP contribution in [0.3, 0.4) is 0 Å². The minimum absolute atomic E-state index is 0.0443. The van der Waals surface area contributed by atoms with Crippen molar-refractivity contribution in [2.45, 2.75) is 63.4 Å². The highest BCUT2D eigenvalue weighted by Gasteiger charge is 2.49. The molecule has 1 saturated carbocycles. The van der Waals surface area contributed by atoms with Gasteiger partial charge < -0.3 is 20.7 Å². The van der Waals surface area contributed by atoms with Crippen LogP contribution in [-0.4, -0.2) is 34.4 Å². The maximum atomic E-state index is 10.5. The van der Waals surface area contributed by atoms with E-state index in [9.17, 15) is 9.90 Å². The van der Waals surface area contributed by atoms with Crippen LogP contribution in [0.15, 0.2) is 30.3 Å². The topological polar surface area (TPSA) is 96.1 Å². The molecule has 1 aromatic rings. The zero-order chi connectivity index (χ0) is 16.8. The Balaban J connectivity index is 0.000000168. The van der Waals surface area contributed by atoms with Gasteiger partial charge in [0.05, 0.1) is 12.2 Å². The summed E-state index contributed by atoms with van der Waals surface area (Å²) < 4.78 is 5.12. The number of carboxylic acid groups (broad SMARTS) is 1. The van der Waals surface area contributed by atoms with E-state index in [0.717, 1.165) is 18.4 Å². The van der Waals surface area contributed by atoms with Crippen LogP contribution in [0.4, 0.5) is 0 Å². The van der Waals surface area contributed by atoms with Crippen LogP contribution in [0.5, 0.6) is 0 Å². The SMILES string of the molecule is C[C@@H](N)[C@H](O)c1ccccc1.O=C(O)[C@@H]1O[C@@H]1C1CCCCC1. The van der Waals surface area contributed by atoms with Crippen molar-refractivity contribution in [3.05, 3.63) is 35.9 Å². The van der Waals surface area contributed by atoms with Gasteiger partial charge in [-0.15, -0.1) is 0 Å². The minimum atomic E-state index is -0.787. The van der Waals surface area contributed by atoms with Gasteiger partial charge >= 0.3 is 5.97 Å². The molecule has 23 heavy (non-hydrogen) atoms. The van der Waals surface area contributed by atoms with Crippen molar-refractivity contribution >= 4 is 5.97 Å². The third-order valence-electron chi connectivity index (χ3n) is 4.52. The number of rotatable bonds is 4. The van der Waals surface area contributed by atoms with E-state index in [1.165, 1.54) is 19.3 Å². The Morgan fingerprint density at radius 3 is 2.30 bits per heavy atom. The van der Waals surface area contributed by atoms with Crippen molar-refractivity contribution in [2.24, 2.45) is 11.7 Å². The molecule has 0 radical (unpaired) electrons. The van der Waals surface area contributed by atoms with Crippen LogP contribution in [-0.2, 0) is 9.53 Å². The zero-order valence-corrected chi connectivity index (χ0v) is 13.6. The molecule has 2 fully saturated rings. The number of hydrogen-bond donors (Lipinski definition) is 3. The molecule has 0 spiro atoms. The predicted octanol–water partition coefficient (Wildman–Crippen LogP) is 2.49. The van der Waals surface area contributed by atoms with Gasteiger partial charge in [-0.3, -0.25) is 0 Å². The van der Waals surface area contributed by atoms with Crippen LogP contribution in [0.25, 0.3) is 0 Å². The predicted molar refractivity (Wildman–Crippen MR) is 87.9 cm³/mol. The largest absolute Gasteiger partial charge is 0.479 e. The third kappa shape index (κ3) is 5.30. The molecule has 4 N–H and O–H groups in total. The van der Waals surface area contributed by atoms with Gasteiger partial charge in [0, 0.05) is 6.04 Å². The highest BCUT2D eigenvalue weighted by molar-refractivity contribution is 5.75. The molecule has 4 atom stereocenters. The molecular weight excluding hydrogens is 294 g/mol. The summed E-state index contributed by atoms with van der Waals surface area (Å²) in [5.74, 6) is -0.259. The molecule has 3 rings (SSSR count). The van der Waals surface area contributed by atoms with E-state index in [1.54, 1.807) is 6.92 Å². The monoisotopic (exact) mass is 321 g/mol. The molecule has 128 valence electrons. The molecule has 0 aromatic heterocycles. The summed E-state index contributed by atoms with van der Waals surface area (Å²) in [6, 6.07) is 9.22. The lowest BCUT2D eigenvalue weighted by molar-refractivity contribution is -0.138. The van der Waals surface area contributed by atoms with Crippen molar-refractivity contribution in [3.8, 4) is 0 Å². The van der Waals surface area contributed by atoms with Gasteiger partial charge in [0.25, 0.3) is 0 Å². The van der Waals surface area contributed by atoms with Crippen molar-refractivity contribution < 1.29 is 19.7 Å². The van der Waals surface area contributed by atoms with Crippen molar-refractivity contribution in [3.63, 3.8) is 0 Å². The van der Waals surface area contributed by atoms with Gasteiger partial charge in [-0.2, -0.15) is 0 Å². The Hall–Kier alpha value is -1.43. The highest BCUT2D eigenvalue weighted by atomic mass is 16.6. The Kier molecular flexibility index (Phi) is 6.57. The van der Waals surface area contributed by atoms with Gasteiger partial charge in [-0.25, -0.2) is 4.79 Å². The first-order chi connectivity index (χ1) is 11.0. The summed E-state index contributed by atoms with van der Waals surface area (Å²) >= 11 is 0. The first-order valence-corrected chi connectivity index (χ1v) is 8.37. The third-order valence-corrected chi connectivity index (χ3v) is 4.52. The Bertz CT molecular complexity index is 485. The van der Waals surface area contributed by atoms with Crippen molar-refractivity contribution in [1.29, 1.82) is 0 Å². The summed E-state index contributed by atoms with van der Waals surface area (Å²) in [5, 5.41) is 18.1. The zero-order valence-electron chi connectivity index (χ0n) is 13.6. The number of aliphatic hydroxyl groups excluding tert-OH is 1. The standard InChI is InChI=1S/C9H13NO.C9H14O3/c1-7(10)9(11)8-5-3-2-4-6-8;10-9(11)8-7(12-8)6-4-2-1-3-5-6/h2-7,9,11H,10H2,1H3;6-8H,1-5H2,(H,10,11)/t7-,9+;7-,8-/m11/s1. The minimum Gasteiger partial charge on any atom is -0.479 e. The number of hydrogen-bond acceptors (Lipinski definition) is 4. The molecule has 1 aliphatic heterocycles. The number of carboxylic acids is 1. The summed E-state index contributed by atoms with van der Waals surface area (Å²) in [6.45, 7) is 1.79. The number of nitrogens with two attached hydrogens (primary N) is 1. The lowest BCUT2D eigenvalue weighted by atomic mass is 9.86. The van der Waals surface area contributed by atoms with E-state index >= 15 is 0 Å². The maximum Gasteiger partial charge on any atom is 0.335 e. The van der Waals surface area contributed by atoms with E-state index in [4.69, 9.17) is 15.6 Å². The van der Waals surface area contributed by atoms with Gasteiger partial charge in [0.15, 0.2) is 6.10 Å². The van der Waals surface area contributed by atoms with Gasteiger partial charge in [-0.05, 0) is 31.2 Å². The van der Waals surface area contributed by atoms with E-state index in [1.807, 2.05) is 30.3 Å². The number of benzene rings is 1. The van der Waals surface area contributed by atoms with Crippen LogP contribution in [0.1, 0.15) is 50.7 Å². The molecule has 5 nitrogen and oxygen atoms in total. The fraction of sp³-hybridized carbons (Fsp3) is 0.611. The quantitative estimate of drug-likeness (QED) is 0.740. The van der Waals surface area contributed by atoms with E-state index in [2.05, 4.69) is 0 Å². The number of epoxide rings is 1. The first kappa shape index (κ1) is 17.9. The van der Waals surface area contributed by atoms with E-state index < -0.39 is 18.2 Å². The van der Waals surface area contributed by atoms with Crippen LogP contribution in [0.2, 0.25) is 0 Å². The maximum absolute atomic E-state index is 10.5. The van der Waals surface area contributed by atoms with E-state index in [0.29, 0.717) is 5.92 Å². The molecule has 1 saturated heterocycles. The number of aliphatic carboxylic acids is 1. The molecule has 1 aliphatic carbocycles. The fourth-order valence-electron chi connectivity index (χ4n) is 3.10. The average molecular weight is 321 g/mol. The van der Waals surface area contributed by atoms with Crippen molar-refractivity contribution in [2.75, 3.05) is 0 Å². The molecular formula is C18H27NO4. The molecule has 1 aromatic carbocycles. The van der Waals surface area contributed by atoms with Crippen molar-refractivity contribution in [1.82, 2.24) is 0 Å². The Labute approximate surface area is 137 Å². The van der Waals surface area contributed by atoms with Gasteiger partial charge in [0.1, 0.15) is 0 Å². The number of carbonyl (C=O) groups is 1. The summed E-state index contributed by atoms with van der Waals surface area (Å²) in [7, 11) is 0. The van der Waals surface area contributed by atoms with Gasteiger partial charge in [0.2, 0.25) is 0 Å². The molecule has 0 unspecified atom stereocenters. The summed E-state index contributed by atoms with van der Waals surface area (Å²) in [5.41, 5.74) is 6.40. The number of aliphatic hydroxyl groups is 1. The number of ether oxygens (including phenoxy) is 1. The van der Waals surface area contributed by atoms with Crippen LogP contribution in [0, 0.1) is 5.92 Å². The molecule has 5 heteroatoms. The fourth-order valence-corrected chi connectivity index (χ4v) is 3.10. The van der Waals surface area contributed by atoms with Crippen LogP contribution < -0.4 is 5.73 Å². The molecule has 0 bridgehead atoms. The Morgan fingerprint density at radius 1 is 1.22 bits per heavy atom. The Morgan fingerprint density at radius 2 is 1.83 bits per heavy atom. The lowest BCUT2D eigenvalue weighted by Gasteiger charge is -2.18. The normalized spacial score (nSPS) is 26.6. The van der Waals surface area contributed by atoms with Gasteiger partial charge in [-0.1, -0.05) is 49.6 Å². The second-order valence-corrected chi connectivity index (χ2v) is 6.47. The highest BCUT2D eigenvalue weighted by Crippen LogP contribution is 2.38. The van der Waals surface area contributed by atoms with Crippen LogP contribution >= 0.6 is 0 Å². The summed E-state index contributed by atoms with van der Waals surface area (Å²) in [6.07, 6.45) is 5.14. The molecule has 0 amide bonds. The van der Waals surface area contributed by atoms with E-state index in [-0.39, 0.29) is 12.1 Å². The second kappa shape index (κ2) is 8.43. The molecule has 2 aliphatic rings. The lowest BCUT2D eigenvalue weighted by Crippen LogP contribution is -2.24. The molecule has 1 heterocycles. The first-order valence-electron chi connectivity index (χ1n) is 8.37. The smallest absolute Gasteiger partial charge is 0.335 e. The second-order valence-electron chi connectivity index (χ2n) is 6.47. The average Bonchev–Trinajstić information content (AvgIpc) is 3.37. The summed E-state index contributed by atoms with van der Waals surface area (Å²) in [4.78, 5) is 10.5.